The first kappa shape index (κ1) is 17.9. The normalized spacial score (nSPS) is 26.3. The second-order valence-corrected chi connectivity index (χ2v) is 6.88. The molecule has 2 aromatic rings. The van der Waals surface area contributed by atoms with Crippen molar-refractivity contribution in [1.82, 2.24) is 0 Å². The first-order valence-electron chi connectivity index (χ1n) is 8.75. The Morgan fingerprint density at radius 3 is 2.74 bits per heavy atom. The van der Waals surface area contributed by atoms with Crippen LogP contribution in [0.15, 0.2) is 36.4 Å². The molecule has 0 saturated carbocycles. The van der Waals surface area contributed by atoms with E-state index >= 15 is 0 Å². The number of hydrogen-bond acceptors (Lipinski definition) is 7. The van der Waals surface area contributed by atoms with E-state index in [0.717, 1.165) is 5.56 Å². The molecular weight excluding hydrogens is 352 g/mol. The number of aromatic hydroxyl groups is 1. The van der Waals surface area contributed by atoms with Crippen molar-refractivity contribution < 1.29 is 34.3 Å². The molecule has 0 bridgehead atoms. The van der Waals surface area contributed by atoms with Gasteiger partial charge >= 0.3 is 0 Å². The highest BCUT2D eigenvalue weighted by atomic mass is 16.7. The molecule has 3 N–H and O–H groups in total. The molecule has 7 nitrogen and oxygen atoms in total. The summed E-state index contributed by atoms with van der Waals surface area (Å²) in [6, 6.07) is 10.4. The number of methoxy groups -OCH3 is 1. The topological polar surface area (TPSA) is 97.6 Å². The van der Waals surface area contributed by atoms with Crippen LogP contribution in [0.5, 0.6) is 23.0 Å². The van der Waals surface area contributed by atoms with Crippen molar-refractivity contribution in [2.24, 2.45) is 5.92 Å². The summed E-state index contributed by atoms with van der Waals surface area (Å²) in [5.41, 5.74) is 0.135. The second-order valence-electron chi connectivity index (χ2n) is 6.88. The van der Waals surface area contributed by atoms with Crippen molar-refractivity contribution >= 4 is 0 Å². The lowest BCUT2D eigenvalue weighted by Gasteiger charge is -2.32. The number of phenolic OH excluding ortho intramolecular Hbond substituents is 1. The van der Waals surface area contributed by atoms with Gasteiger partial charge in [-0.05, 0) is 41.8 Å². The van der Waals surface area contributed by atoms with Crippen molar-refractivity contribution in [1.29, 1.82) is 0 Å². The average molecular weight is 374 g/mol. The van der Waals surface area contributed by atoms with Crippen molar-refractivity contribution in [3.8, 4) is 23.0 Å². The molecule has 2 aliphatic rings. The minimum atomic E-state index is -1.46. The third-order valence-corrected chi connectivity index (χ3v) is 5.30. The van der Waals surface area contributed by atoms with E-state index in [9.17, 15) is 15.3 Å². The van der Waals surface area contributed by atoms with Gasteiger partial charge in [0, 0.05) is 5.92 Å². The molecule has 4 rings (SSSR count). The van der Waals surface area contributed by atoms with Crippen LogP contribution in [0.1, 0.15) is 17.2 Å². The van der Waals surface area contributed by atoms with Gasteiger partial charge in [-0.15, -0.1) is 0 Å². The van der Waals surface area contributed by atoms with Crippen LogP contribution in [0.2, 0.25) is 0 Å². The summed E-state index contributed by atoms with van der Waals surface area (Å²) in [5, 5.41) is 31.0. The van der Waals surface area contributed by atoms with E-state index in [1.165, 1.54) is 13.2 Å². The van der Waals surface area contributed by atoms with Crippen LogP contribution in [-0.2, 0) is 11.2 Å². The van der Waals surface area contributed by atoms with Gasteiger partial charge < -0.3 is 34.3 Å². The Hall–Kier alpha value is -2.48. The standard InChI is InChI=1S/C20H22O7/c1-24-17-8-13(3-4-15(17)22)19-20(23,10-21)14(9-25-19)6-12-2-5-16-18(7-12)27-11-26-16/h2-5,7-8,14,19,21-23H,6,9-11H2,1H3/t14-,19+,20+/m0/s1. The van der Waals surface area contributed by atoms with Crippen molar-refractivity contribution in [2.75, 3.05) is 27.1 Å². The Bertz CT molecular complexity index is 837. The summed E-state index contributed by atoms with van der Waals surface area (Å²) in [6.07, 6.45) is -0.213. The van der Waals surface area contributed by atoms with E-state index in [1.54, 1.807) is 12.1 Å². The maximum atomic E-state index is 11.2. The zero-order valence-corrected chi connectivity index (χ0v) is 14.9. The van der Waals surface area contributed by atoms with Crippen molar-refractivity contribution in [3.63, 3.8) is 0 Å². The molecule has 2 heterocycles. The number of benzene rings is 2. The highest BCUT2D eigenvalue weighted by molar-refractivity contribution is 5.45. The van der Waals surface area contributed by atoms with Crippen molar-refractivity contribution in [2.45, 2.75) is 18.1 Å². The quantitative estimate of drug-likeness (QED) is 0.734. The Morgan fingerprint density at radius 2 is 1.96 bits per heavy atom. The average Bonchev–Trinajstić information content (AvgIpc) is 3.27. The van der Waals surface area contributed by atoms with Gasteiger partial charge in [-0.1, -0.05) is 12.1 Å². The van der Waals surface area contributed by atoms with E-state index < -0.39 is 18.3 Å². The van der Waals surface area contributed by atoms with E-state index in [1.807, 2.05) is 18.2 Å². The molecular formula is C20H22O7. The number of rotatable bonds is 5. The predicted octanol–water partition coefficient (Wildman–Crippen LogP) is 1.78. The van der Waals surface area contributed by atoms with Crippen molar-refractivity contribution in [3.05, 3.63) is 47.5 Å². The summed E-state index contributed by atoms with van der Waals surface area (Å²) in [7, 11) is 1.45. The zero-order valence-electron chi connectivity index (χ0n) is 14.9. The second kappa shape index (κ2) is 6.92. The molecule has 0 amide bonds. The highest BCUT2D eigenvalue weighted by Gasteiger charge is 2.50. The molecule has 1 saturated heterocycles. The maximum Gasteiger partial charge on any atom is 0.231 e. The van der Waals surface area contributed by atoms with Crippen LogP contribution >= 0.6 is 0 Å². The molecule has 3 atom stereocenters. The zero-order chi connectivity index (χ0) is 19.0. The number of aliphatic hydroxyl groups excluding tert-OH is 1. The molecule has 7 heteroatoms. The van der Waals surface area contributed by atoms with Gasteiger partial charge in [0.25, 0.3) is 0 Å². The Labute approximate surface area is 156 Å². The van der Waals surface area contributed by atoms with E-state index in [-0.39, 0.29) is 24.2 Å². The van der Waals surface area contributed by atoms with E-state index in [0.29, 0.717) is 30.1 Å². The van der Waals surface area contributed by atoms with Gasteiger partial charge in [0.2, 0.25) is 6.79 Å². The smallest absolute Gasteiger partial charge is 0.231 e. The van der Waals surface area contributed by atoms with Gasteiger partial charge in [-0.3, -0.25) is 0 Å². The number of aliphatic hydroxyl groups is 2. The van der Waals surface area contributed by atoms with Crippen LogP contribution in [0.4, 0.5) is 0 Å². The van der Waals surface area contributed by atoms with Gasteiger partial charge in [0.1, 0.15) is 11.7 Å². The molecule has 0 aliphatic carbocycles. The lowest BCUT2D eigenvalue weighted by atomic mass is 9.80. The molecule has 0 radical (unpaired) electrons. The van der Waals surface area contributed by atoms with E-state index in [4.69, 9.17) is 18.9 Å². The first-order valence-corrected chi connectivity index (χ1v) is 8.75. The molecule has 144 valence electrons. The molecule has 0 aromatic heterocycles. The van der Waals surface area contributed by atoms with Gasteiger partial charge in [0.05, 0.1) is 20.3 Å². The Kier molecular flexibility index (Phi) is 4.59. The summed E-state index contributed by atoms with van der Waals surface area (Å²) < 4.78 is 21.7. The number of fused-ring (bicyclic) bond motifs is 1. The fraction of sp³-hybridized carbons (Fsp3) is 0.400. The molecule has 0 unspecified atom stereocenters. The first-order chi connectivity index (χ1) is 13.0. The molecule has 1 fully saturated rings. The fourth-order valence-electron chi connectivity index (χ4n) is 3.76. The lowest BCUT2D eigenvalue weighted by molar-refractivity contribution is -0.0882. The number of ether oxygens (including phenoxy) is 4. The van der Waals surface area contributed by atoms with Gasteiger partial charge in [-0.2, -0.15) is 0 Å². The Morgan fingerprint density at radius 1 is 1.15 bits per heavy atom. The summed E-state index contributed by atoms with van der Waals surface area (Å²) in [4.78, 5) is 0. The Balaban J connectivity index is 1.58. The van der Waals surface area contributed by atoms with Crippen LogP contribution in [0.3, 0.4) is 0 Å². The number of phenols is 1. The highest BCUT2D eigenvalue weighted by Crippen LogP contribution is 2.45. The number of hydrogen-bond donors (Lipinski definition) is 3. The molecule has 2 aromatic carbocycles. The van der Waals surface area contributed by atoms with Crippen LogP contribution in [0, 0.1) is 5.92 Å². The van der Waals surface area contributed by atoms with Crippen LogP contribution in [0.25, 0.3) is 0 Å². The molecule has 2 aliphatic heterocycles. The minimum Gasteiger partial charge on any atom is -0.504 e. The van der Waals surface area contributed by atoms with Crippen LogP contribution < -0.4 is 14.2 Å². The summed E-state index contributed by atoms with van der Waals surface area (Å²) in [6.45, 7) is 0.0477. The molecule has 0 spiro atoms. The fourth-order valence-corrected chi connectivity index (χ4v) is 3.76. The van der Waals surface area contributed by atoms with Gasteiger partial charge in [0.15, 0.2) is 23.0 Å². The minimum absolute atomic E-state index is 0.00342. The SMILES string of the molecule is COc1cc([C@H]2OC[C@H](Cc3ccc4c(c3)OCO4)[C@]2(O)CO)ccc1O. The lowest BCUT2D eigenvalue weighted by Crippen LogP contribution is -2.43. The molecule has 27 heavy (non-hydrogen) atoms. The maximum absolute atomic E-state index is 11.2. The van der Waals surface area contributed by atoms with E-state index in [2.05, 4.69) is 0 Å². The summed E-state index contributed by atoms with van der Waals surface area (Å²) in [5.74, 6) is 1.36. The van der Waals surface area contributed by atoms with Crippen LogP contribution in [-0.4, -0.2) is 48.0 Å². The summed E-state index contributed by atoms with van der Waals surface area (Å²) >= 11 is 0. The monoisotopic (exact) mass is 374 g/mol. The largest absolute Gasteiger partial charge is 0.504 e. The third-order valence-electron chi connectivity index (χ3n) is 5.30. The predicted molar refractivity (Wildman–Crippen MR) is 95.1 cm³/mol. The van der Waals surface area contributed by atoms with Gasteiger partial charge in [-0.25, -0.2) is 0 Å². The third kappa shape index (κ3) is 3.07.